The number of nitrogens with zero attached hydrogens (tertiary/aromatic N) is 1. The summed E-state index contributed by atoms with van der Waals surface area (Å²) in [6.45, 7) is 9.36. The van der Waals surface area contributed by atoms with Crippen molar-refractivity contribution in [2.24, 2.45) is 7.05 Å². The van der Waals surface area contributed by atoms with Crippen molar-refractivity contribution < 1.29 is 14.6 Å². The molecule has 3 aromatic rings. The molecule has 4 rings (SSSR count). The largest absolute Gasteiger partial charge is 0.512 e. The molecular formula is C24H27NO3. The topological polar surface area (TPSA) is 51.5 Å². The number of carbonyl (C=O) groups is 1. The highest BCUT2D eigenvalue weighted by molar-refractivity contribution is 5.89. The maximum absolute atomic E-state index is 10.9. The van der Waals surface area contributed by atoms with Gasteiger partial charge in [0.2, 0.25) is 5.88 Å². The molecule has 0 saturated carbocycles. The Morgan fingerprint density at radius 1 is 0.929 bits per heavy atom. The van der Waals surface area contributed by atoms with Crippen LogP contribution in [0.2, 0.25) is 0 Å². The first-order valence-corrected chi connectivity index (χ1v) is 9.73. The molecule has 0 bridgehead atoms. The first-order valence-electron chi connectivity index (χ1n) is 9.73. The summed E-state index contributed by atoms with van der Waals surface area (Å²) in [4.78, 5) is 10.9. The van der Waals surface area contributed by atoms with Crippen molar-refractivity contribution in [1.29, 1.82) is 0 Å². The van der Waals surface area contributed by atoms with E-state index in [1.165, 1.54) is 34.7 Å². The molecule has 0 radical (unpaired) electrons. The highest BCUT2D eigenvalue weighted by Crippen LogP contribution is 2.47. The maximum Gasteiger partial charge on any atom is 0.512 e. The Morgan fingerprint density at radius 2 is 1.54 bits per heavy atom. The molecule has 0 saturated heterocycles. The Labute approximate surface area is 165 Å². The lowest BCUT2D eigenvalue weighted by Crippen LogP contribution is -2.33. The molecule has 0 aliphatic heterocycles. The standard InChI is InChI=1S/C24H27NO3/c1-23(2)8-9-24(3,4)20-12-17-10-15(6-7-16(17)11-19(20)23)18-13-21(25(5)14-18)28-22(26)27/h6-7,10-14H,8-9H2,1-5H3,(H,26,27). The molecule has 1 N–H and O–H groups in total. The van der Waals surface area contributed by atoms with Crippen molar-refractivity contribution in [2.45, 2.75) is 51.4 Å². The zero-order valence-electron chi connectivity index (χ0n) is 17.2. The fourth-order valence-corrected chi connectivity index (χ4v) is 4.38. The molecule has 1 aromatic heterocycles. The molecule has 0 unspecified atom stereocenters. The average Bonchev–Trinajstić information content (AvgIpc) is 2.97. The number of aromatic nitrogens is 1. The zero-order chi connectivity index (χ0) is 20.3. The second-order valence-electron chi connectivity index (χ2n) is 9.27. The average molecular weight is 377 g/mol. The lowest BCUT2D eigenvalue weighted by molar-refractivity contribution is 0.141. The van der Waals surface area contributed by atoms with Gasteiger partial charge in [-0.2, -0.15) is 0 Å². The van der Waals surface area contributed by atoms with E-state index in [-0.39, 0.29) is 10.8 Å². The molecular weight excluding hydrogens is 350 g/mol. The van der Waals surface area contributed by atoms with Gasteiger partial charge in [0.25, 0.3) is 0 Å². The maximum atomic E-state index is 10.9. The van der Waals surface area contributed by atoms with Gasteiger partial charge < -0.3 is 14.4 Å². The van der Waals surface area contributed by atoms with E-state index in [1.54, 1.807) is 17.7 Å². The summed E-state index contributed by atoms with van der Waals surface area (Å²) in [5.41, 5.74) is 5.26. The Morgan fingerprint density at radius 3 is 2.14 bits per heavy atom. The molecule has 4 heteroatoms. The summed E-state index contributed by atoms with van der Waals surface area (Å²) in [5.74, 6) is 0.316. The highest BCUT2D eigenvalue weighted by Gasteiger charge is 2.37. The van der Waals surface area contributed by atoms with Gasteiger partial charge >= 0.3 is 6.16 Å². The van der Waals surface area contributed by atoms with Crippen LogP contribution in [0.4, 0.5) is 4.79 Å². The van der Waals surface area contributed by atoms with Gasteiger partial charge in [-0.15, -0.1) is 0 Å². The first-order chi connectivity index (χ1) is 13.1. The van der Waals surface area contributed by atoms with Crippen LogP contribution < -0.4 is 4.74 Å². The van der Waals surface area contributed by atoms with E-state index in [9.17, 15) is 4.79 Å². The number of aryl methyl sites for hydroxylation is 1. The minimum Gasteiger partial charge on any atom is -0.449 e. The van der Waals surface area contributed by atoms with E-state index >= 15 is 0 Å². The van der Waals surface area contributed by atoms with Crippen molar-refractivity contribution >= 4 is 16.9 Å². The number of hydrogen-bond acceptors (Lipinski definition) is 2. The van der Waals surface area contributed by atoms with Gasteiger partial charge in [0.1, 0.15) is 0 Å². The second-order valence-corrected chi connectivity index (χ2v) is 9.27. The predicted octanol–water partition coefficient (Wildman–Crippen LogP) is 6.25. The third-order valence-electron chi connectivity index (χ3n) is 6.29. The Kier molecular flexibility index (Phi) is 4.07. The smallest absolute Gasteiger partial charge is 0.449 e. The minimum absolute atomic E-state index is 0.171. The van der Waals surface area contributed by atoms with Crippen LogP contribution in [0.25, 0.3) is 21.9 Å². The Bertz CT molecular complexity index is 1090. The first kappa shape index (κ1) is 18.6. The molecule has 2 aromatic carbocycles. The molecule has 0 atom stereocenters. The quantitative estimate of drug-likeness (QED) is 0.537. The van der Waals surface area contributed by atoms with Crippen LogP contribution >= 0.6 is 0 Å². The second kappa shape index (κ2) is 6.13. The minimum atomic E-state index is -1.30. The molecule has 0 amide bonds. The summed E-state index contributed by atoms with van der Waals surface area (Å²) in [5, 5.41) is 11.3. The van der Waals surface area contributed by atoms with E-state index < -0.39 is 6.16 Å². The van der Waals surface area contributed by atoms with Crippen molar-refractivity contribution in [3.05, 3.63) is 53.7 Å². The van der Waals surface area contributed by atoms with Gasteiger partial charge in [-0.3, -0.25) is 0 Å². The normalized spacial score (nSPS) is 17.3. The Hall–Kier alpha value is -2.75. The number of fused-ring (bicyclic) bond motifs is 2. The molecule has 28 heavy (non-hydrogen) atoms. The van der Waals surface area contributed by atoms with Crippen LogP contribution in [-0.4, -0.2) is 15.8 Å². The summed E-state index contributed by atoms with van der Waals surface area (Å²) in [6.07, 6.45) is 2.98. The zero-order valence-corrected chi connectivity index (χ0v) is 17.2. The summed E-state index contributed by atoms with van der Waals surface area (Å²) < 4.78 is 6.53. The van der Waals surface area contributed by atoms with Crippen LogP contribution in [0.15, 0.2) is 42.6 Å². The summed E-state index contributed by atoms with van der Waals surface area (Å²) in [7, 11) is 1.78. The van der Waals surface area contributed by atoms with Gasteiger partial charge in [-0.25, -0.2) is 4.79 Å². The number of carboxylic acid groups (broad SMARTS) is 1. The van der Waals surface area contributed by atoms with Gasteiger partial charge in [-0.1, -0.05) is 52.0 Å². The number of hydrogen-bond donors (Lipinski definition) is 1. The van der Waals surface area contributed by atoms with E-state index in [1.807, 2.05) is 6.20 Å². The molecule has 0 fully saturated rings. The van der Waals surface area contributed by atoms with Crippen LogP contribution in [0, 0.1) is 0 Å². The molecule has 1 heterocycles. The van der Waals surface area contributed by atoms with Crippen LogP contribution in [-0.2, 0) is 17.9 Å². The van der Waals surface area contributed by atoms with E-state index in [0.717, 1.165) is 11.1 Å². The van der Waals surface area contributed by atoms with Gasteiger partial charge in [0, 0.05) is 24.9 Å². The number of benzene rings is 2. The van der Waals surface area contributed by atoms with Crippen LogP contribution in [0.3, 0.4) is 0 Å². The van der Waals surface area contributed by atoms with Crippen molar-refractivity contribution in [1.82, 2.24) is 4.57 Å². The van der Waals surface area contributed by atoms with Crippen LogP contribution in [0.5, 0.6) is 5.88 Å². The third-order valence-corrected chi connectivity index (χ3v) is 6.29. The predicted molar refractivity (Wildman–Crippen MR) is 112 cm³/mol. The highest BCUT2D eigenvalue weighted by atomic mass is 16.7. The monoisotopic (exact) mass is 377 g/mol. The molecule has 0 spiro atoms. The van der Waals surface area contributed by atoms with Gasteiger partial charge in [0.05, 0.1) is 0 Å². The fourth-order valence-electron chi connectivity index (χ4n) is 4.38. The van der Waals surface area contributed by atoms with Crippen molar-refractivity contribution in [3.8, 4) is 17.0 Å². The lowest BCUT2D eigenvalue weighted by atomic mass is 9.63. The van der Waals surface area contributed by atoms with Crippen LogP contribution in [0.1, 0.15) is 51.7 Å². The molecule has 1 aliphatic rings. The van der Waals surface area contributed by atoms with Gasteiger partial charge in [-0.05, 0) is 57.2 Å². The molecule has 146 valence electrons. The SMILES string of the molecule is Cn1cc(-c2ccc3cc4c(cc3c2)C(C)(C)CCC4(C)C)cc1OC(=O)O. The Balaban J connectivity index is 1.83. The number of ether oxygens (including phenoxy) is 1. The van der Waals surface area contributed by atoms with E-state index in [0.29, 0.717) is 5.88 Å². The summed E-state index contributed by atoms with van der Waals surface area (Å²) >= 11 is 0. The van der Waals surface area contributed by atoms with E-state index in [4.69, 9.17) is 9.84 Å². The van der Waals surface area contributed by atoms with Crippen molar-refractivity contribution in [2.75, 3.05) is 0 Å². The summed E-state index contributed by atoms with van der Waals surface area (Å²) in [6, 6.07) is 12.9. The number of rotatable bonds is 2. The molecule has 4 nitrogen and oxygen atoms in total. The molecule has 1 aliphatic carbocycles. The fraction of sp³-hybridized carbons (Fsp3) is 0.375. The third kappa shape index (κ3) is 3.07. The van der Waals surface area contributed by atoms with E-state index in [2.05, 4.69) is 58.0 Å². The van der Waals surface area contributed by atoms with Crippen molar-refractivity contribution in [3.63, 3.8) is 0 Å². The van der Waals surface area contributed by atoms with Gasteiger partial charge in [0.15, 0.2) is 0 Å². The lowest BCUT2D eigenvalue weighted by Gasteiger charge is -2.42.